The van der Waals surface area contributed by atoms with Gasteiger partial charge in [-0.05, 0) is 36.4 Å². The first-order valence-electron chi connectivity index (χ1n) is 9.12. The summed E-state index contributed by atoms with van der Waals surface area (Å²) in [5.74, 6) is 1.63. The van der Waals surface area contributed by atoms with Gasteiger partial charge in [-0.2, -0.15) is 0 Å². The Hall–Kier alpha value is -2.68. The maximum atomic E-state index is 12.1. The van der Waals surface area contributed by atoms with Gasteiger partial charge in [-0.3, -0.25) is 9.36 Å². The van der Waals surface area contributed by atoms with Crippen LogP contribution in [0.2, 0.25) is 10.0 Å². The van der Waals surface area contributed by atoms with Crippen LogP contribution < -0.4 is 14.8 Å². The van der Waals surface area contributed by atoms with Gasteiger partial charge in [0.15, 0.2) is 11.0 Å². The van der Waals surface area contributed by atoms with Crippen LogP contribution >= 0.6 is 35.0 Å². The number of rotatable bonds is 9. The van der Waals surface area contributed by atoms with Crippen LogP contribution in [0.5, 0.6) is 11.5 Å². The highest BCUT2D eigenvalue weighted by Crippen LogP contribution is 2.36. The molecule has 7 nitrogen and oxygen atoms in total. The van der Waals surface area contributed by atoms with E-state index in [9.17, 15) is 4.79 Å². The van der Waals surface area contributed by atoms with Crippen LogP contribution in [0.4, 0.5) is 0 Å². The highest BCUT2D eigenvalue weighted by atomic mass is 35.5. The number of thioether (sulfide) groups is 1. The SMILES string of the molecule is C=CCNC(=O)CSc1nnc(-c2cc(Cl)ccc2OC)n1-c1ccc(OC)c(Cl)c1. The molecular weight excluding hydrogens is 459 g/mol. The Labute approximate surface area is 194 Å². The zero-order valence-corrected chi connectivity index (χ0v) is 19.2. The van der Waals surface area contributed by atoms with Gasteiger partial charge in [-0.15, -0.1) is 16.8 Å². The third kappa shape index (κ3) is 5.33. The minimum absolute atomic E-state index is 0.144. The van der Waals surface area contributed by atoms with Crippen molar-refractivity contribution in [1.29, 1.82) is 0 Å². The fourth-order valence-electron chi connectivity index (χ4n) is 2.79. The Morgan fingerprint density at radius 2 is 1.90 bits per heavy atom. The topological polar surface area (TPSA) is 78.3 Å². The molecule has 0 aliphatic rings. The summed E-state index contributed by atoms with van der Waals surface area (Å²) >= 11 is 13.8. The molecule has 31 heavy (non-hydrogen) atoms. The average molecular weight is 479 g/mol. The van der Waals surface area contributed by atoms with E-state index in [1.54, 1.807) is 55.2 Å². The molecule has 1 aromatic heterocycles. The van der Waals surface area contributed by atoms with Gasteiger partial charge in [0.25, 0.3) is 0 Å². The molecule has 10 heteroatoms. The molecule has 3 aromatic rings. The predicted molar refractivity (Wildman–Crippen MR) is 124 cm³/mol. The summed E-state index contributed by atoms with van der Waals surface area (Å²) in [6.45, 7) is 3.99. The monoisotopic (exact) mass is 478 g/mol. The zero-order chi connectivity index (χ0) is 22.4. The normalized spacial score (nSPS) is 10.6. The first-order valence-corrected chi connectivity index (χ1v) is 10.9. The maximum Gasteiger partial charge on any atom is 0.230 e. The molecule has 162 valence electrons. The number of benzene rings is 2. The number of hydrogen-bond acceptors (Lipinski definition) is 6. The van der Waals surface area contributed by atoms with E-state index in [0.29, 0.717) is 50.3 Å². The van der Waals surface area contributed by atoms with Crippen molar-refractivity contribution in [3.63, 3.8) is 0 Å². The highest BCUT2D eigenvalue weighted by Gasteiger charge is 2.21. The number of nitrogens with zero attached hydrogens (tertiary/aromatic N) is 3. The summed E-state index contributed by atoms with van der Waals surface area (Å²) in [5, 5.41) is 12.9. The predicted octanol–water partition coefficient (Wildman–Crippen LogP) is 4.65. The van der Waals surface area contributed by atoms with Crippen molar-refractivity contribution in [2.45, 2.75) is 5.16 Å². The lowest BCUT2D eigenvalue weighted by atomic mass is 10.2. The van der Waals surface area contributed by atoms with Crippen molar-refractivity contribution in [3.05, 3.63) is 59.1 Å². The third-order valence-corrected chi connectivity index (χ3v) is 5.66. The molecule has 0 bridgehead atoms. The van der Waals surface area contributed by atoms with E-state index >= 15 is 0 Å². The summed E-state index contributed by atoms with van der Waals surface area (Å²) in [6.07, 6.45) is 1.62. The summed E-state index contributed by atoms with van der Waals surface area (Å²) in [5.41, 5.74) is 1.35. The molecule has 0 spiro atoms. The number of carbonyl (C=O) groups excluding carboxylic acids is 1. The molecule has 0 fully saturated rings. The molecule has 0 atom stereocenters. The van der Waals surface area contributed by atoms with E-state index < -0.39 is 0 Å². The highest BCUT2D eigenvalue weighted by molar-refractivity contribution is 7.99. The zero-order valence-electron chi connectivity index (χ0n) is 16.9. The molecule has 0 aliphatic carbocycles. The average Bonchev–Trinajstić information content (AvgIpc) is 3.19. The molecular formula is C21H20Cl2N4O3S. The molecule has 1 N–H and O–H groups in total. The quantitative estimate of drug-likeness (QED) is 0.356. The van der Waals surface area contributed by atoms with Gasteiger partial charge in [-0.1, -0.05) is 41.0 Å². The van der Waals surface area contributed by atoms with Crippen LogP contribution in [-0.2, 0) is 4.79 Å². The third-order valence-electron chi connectivity index (χ3n) is 4.21. The number of nitrogens with one attached hydrogen (secondary N) is 1. The Bertz CT molecular complexity index is 1100. The lowest BCUT2D eigenvalue weighted by Crippen LogP contribution is -2.25. The number of carbonyl (C=O) groups is 1. The van der Waals surface area contributed by atoms with Crippen molar-refractivity contribution < 1.29 is 14.3 Å². The fraction of sp³-hybridized carbons (Fsp3) is 0.190. The largest absolute Gasteiger partial charge is 0.496 e. The number of halogens is 2. The van der Waals surface area contributed by atoms with Gasteiger partial charge in [0, 0.05) is 11.6 Å². The second-order valence-corrected chi connectivity index (χ2v) is 7.97. The molecule has 2 aromatic carbocycles. The van der Waals surface area contributed by atoms with E-state index in [2.05, 4.69) is 22.1 Å². The molecule has 0 unspecified atom stereocenters. The minimum Gasteiger partial charge on any atom is -0.496 e. The molecule has 1 amide bonds. The smallest absolute Gasteiger partial charge is 0.230 e. The van der Waals surface area contributed by atoms with E-state index in [4.69, 9.17) is 32.7 Å². The summed E-state index contributed by atoms with van der Waals surface area (Å²) in [7, 11) is 3.11. The van der Waals surface area contributed by atoms with Gasteiger partial charge >= 0.3 is 0 Å². The second-order valence-electron chi connectivity index (χ2n) is 6.19. The summed E-state index contributed by atoms with van der Waals surface area (Å²) < 4.78 is 12.5. The molecule has 0 saturated heterocycles. The van der Waals surface area contributed by atoms with E-state index in [1.165, 1.54) is 11.8 Å². The standard InChI is InChI=1S/C21H20Cl2N4O3S/c1-4-9-24-19(28)12-31-21-26-25-20(15-10-13(22)5-7-17(15)29-2)27(21)14-6-8-18(30-3)16(23)11-14/h4-8,10-11H,1,9,12H2,2-3H3,(H,24,28). The van der Waals surface area contributed by atoms with Gasteiger partial charge < -0.3 is 14.8 Å². The Balaban J connectivity index is 2.09. The molecule has 1 heterocycles. The lowest BCUT2D eigenvalue weighted by molar-refractivity contribution is -0.118. The fourth-order valence-corrected chi connectivity index (χ4v) is 3.99. The van der Waals surface area contributed by atoms with E-state index in [0.717, 1.165) is 0 Å². The number of aromatic nitrogens is 3. The van der Waals surface area contributed by atoms with Crippen LogP contribution in [0.3, 0.4) is 0 Å². The number of ether oxygens (including phenoxy) is 2. The summed E-state index contributed by atoms with van der Waals surface area (Å²) in [4.78, 5) is 12.1. The molecule has 0 radical (unpaired) electrons. The number of hydrogen-bond donors (Lipinski definition) is 1. The van der Waals surface area contributed by atoms with Crippen molar-refractivity contribution in [2.24, 2.45) is 0 Å². The molecule has 0 aliphatic heterocycles. The van der Waals surface area contributed by atoms with Crippen molar-refractivity contribution in [3.8, 4) is 28.6 Å². The number of methoxy groups -OCH3 is 2. The van der Waals surface area contributed by atoms with Gasteiger partial charge in [-0.25, -0.2) is 0 Å². The van der Waals surface area contributed by atoms with Gasteiger partial charge in [0.05, 0.1) is 36.2 Å². The van der Waals surface area contributed by atoms with Crippen molar-refractivity contribution >= 4 is 40.9 Å². The molecule has 3 rings (SSSR count). The Morgan fingerprint density at radius 1 is 1.16 bits per heavy atom. The van der Waals surface area contributed by atoms with Crippen LogP contribution in [0.25, 0.3) is 17.1 Å². The molecule has 0 saturated carbocycles. The van der Waals surface area contributed by atoms with Gasteiger partial charge in [0.1, 0.15) is 11.5 Å². The summed E-state index contributed by atoms with van der Waals surface area (Å²) in [6, 6.07) is 10.6. The van der Waals surface area contributed by atoms with Crippen LogP contribution in [-0.4, -0.2) is 47.2 Å². The number of amides is 1. The van der Waals surface area contributed by atoms with E-state index in [-0.39, 0.29) is 11.7 Å². The minimum atomic E-state index is -0.144. The maximum absolute atomic E-state index is 12.1. The Morgan fingerprint density at radius 3 is 2.58 bits per heavy atom. The van der Waals surface area contributed by atoms with E-state index in [1.807, 2.05) is 6.07 Å². The first kappa shape index (κ1) is 23.0. The van der Waals surface area contributed by atoms with Crippen molar-refractivity contribution in [1.82, 2.24) is 20.1 Å². The van der Waals surface area contributed by atoms with Crippen LogP contribution in [0.15, 0.2) is 54.2 Å². The van der Waals surface area contributed by atoms with Crippen LogP contribution in [0, 0.1) is 0 Å². The first-order chi connectivity index (χ1) is 15.0. The second kappa shape index (κ2) is 10.6. The van der Waals surface area contributed by atoms with Crippen molar-refractivity contribution in [2.75, 3.05) is 26.5 Å². The lowest BCUT2D eigenvalue weighted by Gasteiger charge is -2.14. The van der Waals surface area contributed by atoms with Gasteiger partial charge in [0.2, 0.25) is 5.91 Å². The van der Waals surface area contributed by atoms with Crippen LogP contribution in [0.1, 0.15) is 0 Å². The Kier molecular flexibility index (Phi) is 7.84.